The predicted octanol–water partition coefficient (Wildman–Crippen LogP) is 2.82. The summed E-state index contributed by atoms with van der Waals surface area (Å²) < 4.78 is 27.5. The van der Waals surface area contributed by atoms with Gasteiger partial charge in [0.05, 0.1) is 23.3 Å². The van der Waals surface area contributed by atoms with Crippen molar-refractivity contribution in [3.63, 3.8) is 0 Å². The molecule has 12 nitrogen and oxygen atoms in total. The van der Waals surface area contributed by atoms with Gasteiger partial charge in [0.25, 0.3) is 0 Å². The second kappa shape index (κ2) is 9.84. The Bertz CT molecular complexity index is 1750. The molecule has 1 aromatic carbocycles. The summed E-state index contributed by atoms with van der Waals surface area (Å²) in [6, 6.07) is 10.6. The highest BCUT2D eigenvalue weighted by molar-refractivity contribution is 7.91. The van der Waals surface area contributed by atoms with E-state index in [1.807, 2.05) is 31.3 Å². The number of nitriles is 2. The molecule has 0 unspecified atom stereocenters. The first-order valence-electron chi connectivity index (χ1n) is 13.0. The summed E-state index contributed by atoms with van der Waals surface area (Å²) in [6.07, 6.45) is 5.91. The average Bonchev–Trinajstić information content (AvgIpc) is 3.63. The van der Waals surface area contributed by atoms with Gasteiger partial charge in [-0.05, 0) is 44.4 Å². The summed E-state index contributed by atoms with van der Waals surface area (Å²) in [7, 11) is -2.90. The lowest BCUT2D eigenvalue weighted by Gasteiger charge is -2.36. The van der Waals surface area contributed by atoms with Crippen LogP contribution in [0.2, 0.25) is 0 Å². The average molecular weight is 545 g/mol. The molecule has 2 N–H and O–H groups in total. The van der Waals surface area contributed by atoms with Crippen molar-refractivity contribution < 1.29 is 8.42 Å². The van der Waals surface area contributed by atoms with E-state index in [0.29, 0.717) is 41.0 Å². The Morgan fingerprint density at radius 1 is 1.13 bits per heavy atom. The highest BCUT2D eigenvalue weighted by Crippen LogP contribution is 2.33. The largest absolute Gasteiger partial charge is 0.367 e. The Morgan fingerprint density at radius 2 is 1.95 bits per heavy atom. The zero-order valence-corrected chi connectivity index (χ0v) is 22.3. The minimum absolute atomic E-state index is 0.127. The van der Waals surface area contributed by atoms with Crippen molar-refractivity contribution in [1.29, 1.82) is 10.5 Å². The number of nitrogens with one attached hydrogen (secondary N) is 2. The van der Waals surface area contributed by atoms with E-state index < -0.39 is 9.84 Å². The van der Waals surface area contributed by atoms with Gasteiger partial charge in [-0.3, -0.25) is 4.90 Å². The van der Waals surface area contributed by atoms with Crippen LogP contribution in [-0.4, -0.2) is 74.6 Å². The zero-order chi connectivity index (χ0) is 27.1. The lowest BCUT2D eigenvalue weighted by molar-refractivity contribution is 0.147. The first kappa shape index (κ1) is 25.1. The highest BCUT2D eigenvalue weighted by Gasteiger charge is 2.34. The normalized spacial score (nSPS) is 19.7. The number of hydrogen-bond donors (Lipinski definition) is 2. The molecule has 2 aliphatic heterocycles. The van der Waals surface area contributed by atoms with Gasteiger partial charge in [0.1, 0.15) is 12.1 Å². The van der Waals surface area contributed by atoms with Crippen LogP contribution in [0.5, 0.6) is 0 Å². The fraction of sp³-hybridized carbons (Fsp3) is 0.423. The second-order valence-corrected chi connectivity index (χ2v) is 12.3. The van der Waals surface area contributed by atoms with Crippen LogP contribution in [0.3, 0.4) is 0 Å². The third kappa shape index (κ3) is 4.64. The van der Waals surface area contributed by atoms with E-state index in [0.717, 1.165) is 48.9 Å². The maximum absolute atomic E-state index is 11.9. The summed E-state index contributed by atoms with van der Waals surface area (Å²) in [6.45, 7) is 4.27. The fourth-order valence-corrected chi connectivity index (χ4v) is 7.50. The van der Waals surface area contributed by atoms with Crippen molar-refractivity contribution >= 4 is 43.8 Å². The summed E-state index contributed by atoms with van der Waals surface area (Å²) >= 11 is 0. The number of aromatic nitrogens is 5. The third-order valence-corrected chi connectivity index (χ3v) is 9.40. The molecule has 0 aliphatic carbocycles. The van der Waals surface area contributed by atoms with Crippen LogP contribution in [0.4, 0.5) is 17.5 Å². The van der Waals surface area contributed by atoms with Crippen LogP contribution in [0.15, 0.2) is 30.6 Å². The molecule has 39 heavy (non-hydrogen) atoms. The molecule has 2 aliphatic rings. The predicted molar refractivity (Wildman–Crippen MR) is 146 cm³/mol. The first-order valence-corrected chi connectivity index (χ1v) is 14.9. The monoisotopic (exact) mass is 544 g/mol. The van der Waals surface area contributed by atoms with E-state index in [1.54, 1.807) is 0 Å². The highest BCUT2D eigenvalue weighted by atomic mass is 32.2. The van der Waals surface area contributed by atoms with Gasteiger partial charge in [-0.2, -0.15) is 20.0 Å². The number of benzene rings is 1. The summed E-state index contributed by atoms with van der Waals surface area (Å²) in [5.74, 6) is 1.37. The molecule has 0 saturated carbocycles. The number of likely N-dealkylation sites (tertiary alicyclic amines) is 1. The molecule has 0 bridgehead atoms. The van der Waals surface area contributed by atoms with E-state index in [1.165, 1.54) is 10.7 Å². The minimum Gasteiger partial charge on any atom is -0.367 e. The summed E-state index contributed by atoms with van der Waals surface area (Å²) in [5, 5.41) is 31.0. The smallest absolute Gasteiger partial charge is 0.247 e. The number of piperidine rings is 1. The molecule has 200 valence electrons. The van der Waals surface area contributed by atoms with Gasteiger partial charge in [0.2, 0.25) is 5.95 Å². The van der Waals surface area contributed by atoms with E-state index in [4.69, 9.17) is 0 Å². The van der Waals surface area contributed by atoms with Crippen LogP contribution in [0.1, 0.15) is 43.5 Å². The van der Waals surface area contributed by atoms with Gasteiger partial charge in [0, 0.05) is 54.5 Å². The molecule has 2 saturated heterocycles. The molecule has 0 radical (unpaired) electrons. The number of rotatable bonds is 6. The van der Waals surface area contributed by atoms with Crippen LogP contribution in [0, 0.1) is 22.7 Å². The van der Waals surface area contributed by atoms with Gasteiger partial charge in [-0.25, -0.2) is 13.4 Å². The Hall–Kier alpha value is -4.20. The van der Waals surface area contributed by atoms with E-state index >= 15 is 0 Å². The molecule has 1 atom stereocenters. The van der Waals surface area contributed by atoms with Gasteiger partial charge in [-0.15, -0.1) is 5.10 Å². The Morgan fingerprint density at radius 3 is 2.64 bits per heavy atom. The van der Waals surface area contributed by atoms with Gasteiger partial charge < -0.3 is 15.2 Å². The molecule has 0 spiro atoms. The fourth-order valence-electron chi connectivity index (χ4n) is 5.74. The quantitative estimate of drug-likeness (QED) is 0.370. The van der Waals surface area contributed by atoms with Crippen LogP contribution in [0.25, 0.3) is 16.6 Å². The molecule has 5 heterocycles. The Labute approximate surface area is 225 Å². The summed E-state index contributed by atoms with van der Waals surface area (Å²) in [4.78, 5) is 11.1. The summed E-state index contributed by atoms with van der Waals surface area (Å²) in [5.41, 5.74) is 3.05. The molecule has 3 aromatic heterocycles. The molecular weight excluding hydrogens is 516 g/mol. The number of hydrogen-bond acceptors (Lipinski definition) is 10. The van der Waals surface area contributed by atoms with E-state index in [-0.39, 0.29) is 17.8 Å². The standard InChI is InChI=1S/C26H28N10O2S/c1-2-29-24-25-30-14-21(13-28)36(25)33-26(32-24)31-18-3-4-23-22(11-18)17(12-27)15-35(23)19-5-8-34(9-6-19)20-7-10-39(37,38)16-20/h3-4,11,14-15,19-20H,2,5-10,16H2,1H3,(H2,29,31,32,33)/t20-/m1/s1. The zero-order valence-electron chi connectivity index (χ0n) is 21.5. The maximum Gasteiger partial charge on any atom is 0.247 e. The van der Waals surface area contributed by atoms with Crippen molar-refractivity contribution in [3.8, 4) is 12.1 Å². The van der Waals surface area contributed by atoms with Crippen molar-refractivity contribution in [2.75, 3.05) is 41.8 Å². The molecule has 0 amide bonds. The molecule has 2 fully saturated rings. The van der Waals surface area contributed by atoms with Crippen LogP contribution < -0.4 is 10.6 Å². The molecule has 13 heteroatoms. The van der Waals surface area contributed by atoms with Crippen molar-refractivity contribution in [2.45, 2.75) is 38.3 Å². The number of anilines is 3. The lowest BCUT2D eigenvalue weighted by Crippen LogP contribution is -2.42. The van der Waals surface area contributed by atoms with E-state index in [2.05, 4.69) is 47.3 Å². The lowest BCUT2D eigenvalue weighted by atomic mass is 10.0. The van der Waals surface area contributed by atoms with Crippen molar-refractivity contribution in [2.24, 2.45) is 0 Å². The van der Waals surface area contributed by atoms with Gasteiger partial charge in [0.15, 0.2) is 27.0 Å². The van der Waals surface area contributed by atoms with Gasteiger partial charge in [-0.1, -0.05) is 0 Å². The van der Waals surface area contributed by atoms with Crippen LogP contribution in [-0.2, 0) is 9.84 Å². The number of imidazole rings is 1. The molecular formula is C26H28N10O2S. The van der Waals surface area contributed by atoms with Crippen LogP contribution >= 0.6 is 0 Å². The minimum atomic E-state index is -2.90. The first-order chi connectivity index (χ1) is 18.9. The number of nitrogens with zero attached hydrogens (tertiary/aromatic N) is 8. The number of sulfone groups is 1. The maximum atomic E-state index is 11.9. The van der Waals surface area contributed by atoms with Crippen molar-refractivity contribution in [1.82, 2.24) is 29.0 Å². The Balaban J connectivity index is 1.25. The molecule has 4 aromatic rings. The second-order valence-electron chi connectivity index (χ2n) is 10.0. The van der Waals surface area contributed by atoms with Crippen molar-refractivity contribution in [3.05, 3.63) is 41.9 Å². The third-order valence-electron chi connectivity index (χ3n) is 7.65. The molecule has 6 rings (SSSR count). The Kier molecular flexibility index (Phi) is 6.33. The van der Waals surface area contributed by atoms with E-state index in [9.17, 15) is 18.9 Å². The number of fused-ring (bicyclic) bond motifs is 2. The SMILES string of the molecule is CCNc1nc(Nc2ccc3c(c2)c(C#N)cn3C2CCN([C@@H]3CCS(=O)(=O)C3)CC2)nn2c(C#N)cnc12. The topological polar surface area (TPSA) is 157 Å². The van der Waals surface area contributed by atoms with Gasteiger partial charge >= 0.3 is 0 Å².